The summed E-state index contributed by atoms with van der Waals surface area (Å²) >= 11 is 6.45. The highest BCUT2D eigenvalue weighted by atomic mass is 32.2. The fourth-order valence-corrected chi connectivity index (χ4v) is 3.86. The molecular weight excluding hydrogens is 416 g/mol. The molecule has 0 bridgehead atoms. The van der Waals surface area contributed by atoms with E-state index >= 15 is 0 Å². The van der Waals surface area contributed by atoms with Gasteiger partial charge in [-0.05, 0) is 30.2 Å². The van der Waals surface area contributed by atoms with Gasteiger partial charge in [-0.25, -0.2) is 0 Å². The number of ether oxygens (including phenoxy) is 2. The number of nitrogens with one attached hydrogen (secondary N) is 1. The van der Waals surface area contributed by atoms with Crippen LogP contribution in [0.25, 0.3) is 6.08 Å². The van der Waals surface area contributed by atoms with Crippen LogP contribution in [0.5, 0.6) is 11.5 Å². The van der Waals surface area contributed by atoms with E-state index in [1.165, 1.54) is 23.8 Å². The van der Waals surface area contributed by atoms with Gasteiger partial charge in [0.1, 0.15) is 4.32 Å². The summed E-state index contributed by atoms with van der Waals surface area (Å²) in [6.45, 7) is 0.446. The van der Waals surface area contributed by atoms with Gasteiger partial charge in [0.15, 0.2) is 11.5 Å². The number of amides is 2. The zero-order valence-electron chi connectivity index (χ0n) is 16.1. The standard InChI is InChI=1S/C19H22N2O6S2/c1-26-13-6-5-12(10-14(13)27-2)11-15-18(25)21(19(28)29-15)9-7-16(22)20-8-3-4-17(23)24/h5-6,10-11H,3-4,7-9H2,1-2H3,(H,20,22)(H,23,24). The van der Waals surface area contributed by atoms with Crippen LogP contribution in [0.1, 0.15) is 24.8 Å². The molecule has 0 saturated carbocycles. The van der Waals surface area contributed by atoms with Crippen LogP contribution in [0.15, 0.2) is 23.1 Å². The third kappa shape index (κ3) is 6.47. The molecule has 2 rings (SSSR count). The van der Waals surface area contributed by atoms with Crippen LogP contribution in [-0.2, 0) is 14.4 Å². The first-order valence-corrected chi connectivity index (χ1v) is 10.0. The van der Waals surface area contributed by atoms with Crippen molar-refractivity contribution in [3.8, 4) is 11.5 Å². The predicted octanol–water partition coefficient (Wildman–Crippen LogP) is 2.28. The van der Waals surface area contributed by atoms with Crippen molar-refractivity contribution in [3.05, 3.63) is 28.7 Å². The Bertz CT molecular complexity index is 840. The number of hydrogen-bond donors (Lipinski definition) is 2. The first-order chi connectivity index (χ1) is 13.8. The maximum atomic E-state index is 12.6. The van der Waals surface area contributed by atoms with Crippen molar-refractivity contribution in [3.63, 3.8) is 0 Å². The number of thioether (sulfide) groups is 1. The van der Waals surface area contributed by atoms with Gasteiger partial charge in [-0.15, -0.1) is 0 Å². The van der Waals surface area contributed by atoms with Crippen molar-refractivity contribution in [2.75, 3.05) is 27.3 Å². The number of nitrogens with zero attached hydrogens (tertiary/aromatic N) is 1. The summed E-state index contributed by atoms with van der Waals surface area (Å²) < 4.78 is 10.9. The van der Waals surface area contributed by atoms with Crippen LogP contribution >= 0.6 is 24.0 Å². The second kappa shape index (κ2) is 10.8. The Kier molecular flexibility index (Phi) is 8.47. The molecule has 1 aliphatic rings. The Balaban J connectivity index is 1.94. The number of carboxylic acid groups (broad SMARTS) is 1. The molecule has 156 valence electrons. The second-order valence-corrected chi connectivity index (χ2v) is 7.72. The minimum absolute atomic E-state index is 0.00405. The zero-order chi connectivity index (χ0) is 21.4. The van der Waals surface area contributed by atoms with Crippen molar-refractivity contribution in [1.82, 2.24) is 10.2 Å². The van der Waals surface area contributed by atoms with Crippen LogP contribution in [0.4, 0.5) is 0 Å². The van der Waals surface area contributed by atoms with Crippen molar-refractivity contribution in [2.45, 2.75) is 19.3 Å². The van der Waals surface area contributed by atoms with Crippen LogP contribution in [-0.4, -0.2) is 59.4 Å². The monoisotopic (exact) mass is 438 g/mol. The average Bonchev–Trinajstić information content (AvgIpc) is 2.96. The van der Waals surface area contributed by atoms with E-state index in [9.17, 15) is 14.4 Å². The summed E-state index contributed by atoms with van der Waals surface area (Å²) in [4.78, 5) is 36.8. The SMILES string of the molecule is COc1ccc(C=C2SC(=S)N(CCC(=O)NCCCC(=O)O)C2=O)cc1OC. The van der Waals surface area contributed by atoms with Gasteiger partial charge in [-0.3, -0.25) is 19.3 Å². The predicted molar refractivity (Wildman–Crippen MR) is 114 cm³/mol. The third-order valence-corrected chi connectivity index (χ3v) is 5.41. The molecule has 2 amide bonds. The number of rotatable bonds is 10. The molecule has 1 saturated heterocycles. The quantitative estimate of drug-likeness (QED) is 0.326. The second-order valence-electron chi connectivity index (χ2n) is 6.05. The van der Waals surface area contributed by atoms with Gasteiger partial charge >= 0.3 is 5.97 Å². The molecule has 1 aliphatic heterocycles. The maximum absolute atomic E-state index is 12.6. The molecule has 0 atom stereocenters. The van der Waals surface area contributed by atoms with E-state index in [4.69, 9.17) is 26.8 Å². The van der Waals surface area contributed by atoms with E-state index in [1.54, 1.807) is 31.4 Å². The number of carbonyl (C=O) groups is 3. The molecule has 0 aliphatic carbocycles. The maximum Gasteiger partial charge on any atom is 0.303 e. The van der Waals surface area contributed by atoms with E-state index in [0.29, 0.717) is 27.1 Å². The normalized spacial score (nSPS) is 15.0. The summed E-state index contributed by atoms with van der Waals surface area (Å²) in [6, 6.07) is 5.31. The Hall–Kier alpha value is -2.59. The molecule has 0 radical (unpaired) electrons. The lowest BCUT2D eigenvalue weighted by atomic mass is 10.2. The minimum Gasteiger partial charge on any atom is -0.493 e. The summed E-state index contributed by atoms with van der Waals surface area (Å²) in [5.74, 6) is -0.275. The van der Waals surface area contributed by atoms with Crippen LogP contribution in [0.2, 0.25) is 0 Å². The first kappa shape index (κ1) is 22.7. The molecule has 8 nitrogen and oxygen atoms in total. The molecule has 0 spiro atoms. The molecule has 1 fully saturated rings. The Morgan fingerprint density at radius 3 is 2.62 bits per heavy atom. The van der Waals surface area contributed by atoms with Crippen LogP contribution in [0.3, 0.4) is 0 Å². The molecule has 1 heterocycles. The number of carboxylic acids is 1. The number of thiocarbonyl (C=S) groups is 1. The highest BCUT2D eigenvalue weighted by molar-refractivity contribution is 8.26. The van der Waals surface area contributed by atoms with E-state index < -0.39 is 5.97 Å². The van der Waals surface area contributed by atoms with Gasteiger partial charge < -0.3 is 19.9 Å². The Morgan fingerprint density at radius 2 is 1.97 bits per heavy atom. The van der Waals surface area contributed by atoms with E-state index in [0.717, 1.165) is 5.56 Å². The molecule has 0 aromatic heterocycles. The van der Waals surface area contributed by atoms with Gasteiger partial charge in [0.25, 0.3) is 5.91 Å². The van der Waals surface area contributed by atoms with E-state index in [-0.39, 0.29) is 37.7 Å². The van der Waals surface area contributed by atoms with Crippen LogP contribution < -0.4 is 14.8 Å². The highest BCUT2D eigenvalue weighted by Gasteiger charge is 2.32. The van der Waals surface area contributed by atoms with E-state index in [1.807, 2.05) is 0 Å². The lowest BCUT2D eigenvalue weighted by Crippen LogP contribution is -2.33. The van der Waals surface area contributed by atoms with Gasteiger partial charge in [0.2, 0.25) is 5.91 Å². The first-order valence-electron chi connectivity index (χ1n) is 8.81. The molecule has 10 heteroatoms. The smallest absolute Gasteiger partial charge is 0.303 e. The largest absolute Gasteiger partial charge is 0.493 e. The number of benzene rings is 1. The fraction of sp³-hybridized carbons (Fsp3) is 0.368. The molecular formula is C19H22N2O6S2. The Labute approximate surface area is 178 Å². The summed E-state index contributed by atoms with van der Waals surface area (Å²) in [5.41, 5.74) is 0.763. The fourth-order valence-electron chi connectivity index (χ4n) is 2.56. The number of methoxy groups -OCH3 is 2. The van der Waals surface area contributed by atoms with Crippen LogP contribution in [0, 0.1) is 0 Å². The molecule has 1 aromatic rings. The van der Waals surface area contributed by atoms with Crippen molar-refractivity contribution in [2.24, 2.45) is 0 Å². The minimum atomic E-state index is -0.905. The van der Waals surface area contributed by atoms with Gasteiger partial charge in [-0.1, -0.05) is 30.0 Å². The van der Waals surface area contributed by atoms with Crippen molar-refractivity contribution in [1.29, 1.82) is 0 Å². The van der Waals surface area contributed by atoms with Crippen molar-refractivity contribution >= 4 is 52.2 Å². The lowest BCUT2D eigenvalue weighted by Gasteiger charge is -2.14. The molecule has 29 heavy (non-hydrogen) atoms. The zero-order valence-corrected chi connectivity index (χ0v) is 17.7. The topological polar surface area (TPSA) is 105 Å². The molecule has 0 unspecified atom stereocenters. The number of carbonyl (C=O) groups excluding carboxylic acids is 2. The van der Waals surface area contributed by atoms with Gasteiger partial charge in [0, 0.05) is 25.9 Å². The molecule has 1 aromatic carbocycles. The summed E-state index contributed by atoms with van der Waals surface area (Å²) in [7, 11) is 3.08. The number of aliphatic carboxylic acids is 1. The third-order valence-electron chi connectivity index (χ3n) is 4.03. The Morgan fingerprint density at radius 1 is 1.24 bits per heavy atom. The van der Waals surface area contributed by atoms with E-state index in [2.05, 4.69) is 5.32 Å². The number of hydrogen-bond acceptors (Lipinski definition) is 7. The summed E-state index contributed by atoms with van der Waals surface area (Å²) in [6.07, 6.45) is 2.16. The lowest BCUT2D eigenvalue weighted by molar-refractivity contribution is -0.137. The van der Waals surface area contributed by atoms with Gasteiger partial charge in [-0.2, -0.15) is 0 Å². The highest BCUT2D eigenvalue weighted by Crippen LogP contribution is 2.34. The van der Waals surface area contributed by atoms with Crippen molar-refractivity contribution < 1.29 is 29.0 Å². The molecule has 2 N–H and O–H groups in total. The summed E-state index contributed by atoms with van der Waals surface area (Å²) in [5, 5.41) is 11.2. The van der Waals surface area contributed by atoms with Gasteiger partial charge in [0.05, 0.1) is 19.1 Å². The average molecular weight is 439 g/mol.